The Morgan fingerprint density at radius 3 is 1.50 bits per heavy atom. The molecule has 2 N–H and O–H groups in total. The second kappa shape index (κ2) is 14.3. The zero-order valence-electron chi connectivity index (χ0n) is 12.2. The molecule has 20 heavy (non-hydrogen) atoms. The van der Waals surface area contributed by atoms with Crippen LogP contribution in [0.2, 0.25) is 0 Å². The molecule has 6 heteroatoms. The Balaban J connectivity index is 3.30. The predicted molar refractivity (Wildman–Crippen MR) is 75.2 cm³/mol. The van der Waals surface area contributed by atoms with Gasteiger partial charge in [0.15, 0.2) is 0 Å². The average molecular weight is 290 g/mol. The van der Waals surface area contributed by atoms with Crippen molar-refractivity contribution in [1.29, 1.82) is 0 Å². The third-order valence-corrected chi connectivity index (χ3v) is 2.03. The number of ether oxygens (including phenoxy) is 4. The van der Waals surface area contributed by atoms with Gasteiger partial charge in [0.05, 0.1) is 39.0 Å². The molecule has 0 aromatic heterocycles. The molecule has 0 amide bonds. The highest BCUT2D eigenvalue weighted by molar-refractivity contribution is 4.67. The van der Waals surface area contributed by atoms with Crippen molar-refractivity contribution in [2.24, 2.45) is 0 Å². The van der Waals surface area contributed by atoms with Crippen LogP contribution in [-0.4, -0.2) is 62.1 Å². The number of hydrogen-bond donors (Lipinski definition) is 2. The zero-order valence-corrected chi connectivity index (χ0v) is 12.2. The normalized spacial score (nSPS) is 14.8. The number of aliphatic hydroxyl groups excluding tert-OH is 2. The van der Waals surface area contributed by atoms with Crippen molar-refractivity contribution in [2.45, 2.75) is 26.1 Å². The van der Waals surface area contributed by atoms with Crippen molar-refractivity contribution < 1.29 is 29.2 Å². The van der Waals surface area contributed by atoms with Crippen LogP contribution in [0, 0.1) is 0 Å². The van der Waals surface area contributed by atoms with E-state index >= 15 is 0 Å². The van der Waals surface area contributed by atoms with Gasteiger partial charge < -0.3 is 29.2 Å². The van der Waals surface area contributed by atoms with Gasteiger partial charge in [-0.1, -0.05) is 12.2 Å². The molecule has 2 unspecified atom stereocenters. The molecule has 0 saturated heterocycles. The fourth-order valence-electron chi connectivity index (χ4n) is 1.18. The summed E-state index contributed by atoms with van der Waals surface area (Å²) in [5, 5.41) is 18.9. The summed E-state index contributed by atoms with van der Waals surface area (Å²) in [6, 6.07) is 0. The Bertz CT molecular complexity index is 228. The molecule has 0 heterocycles. The van der Waals surface area contributed by atoms with Crippen LogP contribution in [0.25, 0.3) is 0 Å². The molecule has 0 saturated carbocycles. The molecule has 0 spiro atoms. The second-order valence-electron chi connectivity index (χ2n) is 4.06. The zero-order chi connectivity index (χ0) is 15.1. The number of hydrogen-bond acceptors (Lipinski definition) is 6. The van der Waals surface area contributed by atoms with Crippen LogP contribution in [0.3, 0.4) is 0 Å². The van der Waals surface area contributed by atoms with E-state index in [0.29, 0.717) is 13.2 Å². The first-order chi connectivity index (χ1) is 9.70. The minimum atomic E-state index is -0.661. The Labute approximate surface area is 120 Å². The Kier molecular flexibility index (Phi) is 13.6. The van der Waals surface area contributed by atoms with Crippen molar-refractivity contribution in [3.8, 4) is 0 Å². The lowest BCUT2D eigenvalue weighted by atomic mass is 10.4. The second-order valence-corrected chi connectivity index (χ2v) is 4.06. The SMILES string of the molecule is CC=COCC(O)COCCOCC(O)COC=CC. The van der Waals surface area contributed by atoms with E-state index in [9.17, 15) is 10.2 Å². The molecular formula is C14H26O6. The lowest BCUT2D eigenvalue weighted by Crippen LogP contribution is -2.24. The molecule has 0 fully saturated rings. The van der Waals surface area contributed by atoms with Gasteiger partial charge in [0.1, 0.15) is 25.4 Å². The molecule has 6 nitrogen and oxygen atoms in total. The summed E-state index contributed by atoms with van der Waals surface area (Å²) in [4.78, 5) is 0. The summed E-state index contributed by atoms with van der Waals surface area (Å²) in [5.74, 6) is 0. The average Bonchev–Trinajstić information content (AvgIpc) is 2.43. The Hall–Kier alpha value is -1.08. The summed E-state index contributed by atoms with van der Waals surface area (Å²) >= 11 is 0. The third kappa shape index (κ3) is 13.4. The van der Waals surface area contributed by atoms with Crippen molar-refractivity contribution in [2.75, 3.05) is 39.6 Å². The molecule has 0 aromatic rings. The largest absolute Gasteiger partial charge is 0.499 e. The molecule has 118 valence electrons. The first-order valence-electron chi connectivity index (χ1n) is 6.67. The summed E-state index contributed by atoms with van der Waals surface area (Å²) in [6.07, 6.45) is 5.20. The molecule has 0 bridgehead atoms. The highest BCUT2D eigenvalue weighted by Gasteiger charge is 2.05. The van der Waals surface area contributed by atoms with Crippen LogP contribution in [0.4, 0.5) is 0 Å². The van der Waals surface area contributed by atoms with Gasteiger partial charge in [-0.3, -0.25) is 0 Å². The highest BCUT2D eigenvalue weighted by atomic mass is 16.5. The van der Waals surface area contributed by atoms with E-state index in [4.69, 9.17) is 18.9 Å². The van der Waals surface area contributed by atoms with Crippen LogP contribution in [0.1, 0.15) is 13.8 Å². The van der Waals surface area contributed by atoms with E-state index in [-0.39, 0.29) is 26.4 Å². The summed E-state index contributed by atoms with van der Waals surface area (Å²) in [7, 11) is 0. The Morgan fingerprint density at radius 1 is 0.750 bits per heavy atom. The molecule has 2 atom stereocenters. The smallest absolute Gasteiger partial charge is 0.115 e. The fourth-order valence-corrected chi connectivity index (χ4v) is 1.18. The Morgan fingerprint density at radius 2 is 1.15 bits per heavy atom. The quantitative estimate of drug-likeness (QED) is 0.387. The van der Waals surface area contributed by atoms with Gasteiger partial charge in [-0.05, 0) is 13.8 Å². The molecule has 0 rings (SSSR count). The third-order valence-electron chi connectivity index (χ3n) is 2.03. The van der Waals surface area contributed by atoms with E-state index in [2.05, 4.69) is 0 Å². The van der Waals surface area contributed by atoms with Crippen molar-refractivity contribution in [3.05, 3.63) is 24.7 Å². The maximum Gasteiger partial charge on any atom is 0.115 e. The van der Waals surface area contributed by atoms with E-state index < -0.39 is 12.2 Å². The minimum absolute atomic E-state index is 0.188. The number of rotatable bonds is 13. The van der Waals surface area contributed by atoms with Gasteiger partial charge in [0.25, 0.3) is 0 Å². The van der Waals surface area contributed by atoms with Crippen LogP contribution in [0.5, 0.6) is 0 Å². The van der Waals surface area contributed by atoms with E-state index in [1.165, 1.54) is 12.5 Å². The van der Waals surface area contributed by atoms with E-state index in [1.807, 2.05) is 13.8 Å². The molecule has 0 aliphatic rings. The highest BCUT2D eigenvalue weighted by Crippen LogP contribution is 1.91. The lowest BCUT2D eigenvalue weighted by molar-refractivity contribution is -0.0376. The standard InChI is InChI=1S/C14H26O6/c1-3-5-17-9-13(15)11-19-7-8-20-12-14(16)10-18-6-4-2/h3-6,13-16H,7-12H2,1-2H3. The van der Waals surface area contributed by atoms with Gasteiger partial charge in [0, 0.05) is 0 Å². The van der Waals surface area contributed by atoms with Crippen molar-refractivity contribution in [1.82, 2.24) is 0 Å². The topological polar surface area (TPSA) is 77.4 Å². The maximum absolute atomic E-state index is 9.45. The van der Waals surface area contributed by atoms with Crippen LogP contribution in [0.15, 0.2) is 24.7 Å². The van der Waals surface area contributed by atoms with Crippen molar-refractivity contribution >= 4 is 0 Å². The number of allylic oxidation sites excluding steroid dienone is 2. The van der Waals surface area contributed by atoms with Gasteiger partial charge in [-0.15, -0.1) is 0 Å². The van der Waals surface area contributed by atoms with E-state index in [0.717, 1.165) is 0 Å². The van der Waals surface area contributed by atoms with Gasteiger partial charge in [0.2, 0.25) is 0 Å². The van der Waals surface area contributed by atoms with Crippen LogP contribution < -0.4 is 0 Å². The van der Waals surface area contributed by atoms with Gasteiger partial charge in [-0.25, -0.2) is 0 Å². The summed E-state index contributed by atoms with van der Waals surface area (Å²) in [6.45, 7) is 5.14. The molecule has 0 aliphatic heterocycles. The lowest BCUT2D eigenvalue weighted by Gasteiger charge is -2.12. The minimum Gasteiger partial charge on any atom is -0.499 e. The van der Waals surface area contributed by atoms with E-state index in [1.54, 1.807) is 12.2 Å². The molecule has 0 aliphatic carbocycles. The summed E-state index contributed by atoms with van der Waals surface area (Å²) in [5.41, 5.74) is 0. The van der Waals surface area contributed by atoms with Crippen LogP contribution >= 0.6 is 0 Å². The monoisotopic (exact) mass is 290 g/mol. The first-order valence-corrected chi connectivity index (χ1v) is 6.67. The van der Waals surface area contributed by atoms with Crippen LogP contribution in [-0.2, 0) is 18.9 Å². The summed E-state index contributed by atoms with van der Waals surface area (Å²) < 4.78 is 20.4. The molecule has 0 radical (unpaired) electrons. The fraction of sp³-hybridized carbons (Fsp3) is 0.714. The van der Waals surface area contributed by atoms with Gasteiger partial charge >= 0.3 is 0 Å². The number of aliphatic hydroxyl groups is 2. The maximum atomic E-state index is 9.45. The van der Waals surface area contributed by atoms with Crippen molar-refractivity contribution in [3.63, 3.8) is 0 Å². The van der Waals surface area contributed by atoms with Gasteiger partial charge in [-0.2, -0.15) is 0 Å². The molecular weight excluding hydrogens is 264 g/mol. The molecule has 0 aromatic carbocycles. The predicted octanol–water partition coefficient (Wildman–Crippen LogP) is 0.842. The first kappa shape index (κ1) is 18.9.